The Labute approximate surface area is 108 Å². The molecule has 0 aliphatic heterocycles. The summed E-state index contributed by atoms with van der Waals surface area (Å²) in [6, 6.07) is 11.5. The SMILES string of the molecule is Cc1ccc(C(C)C)c(-c2ccc(F)cc2C)c1. The highest BCUT2D eigenvalue weighted by Crippen LogP contribution is 2.32. The second kappa shape index (κ2) is 4.93. The van der Waals surface area contributed by atoms with Crippen LogP contribution in [0, 0.1) is 19.7 Å². The van der Waals surface area contributed by atoms with Gasteiger partial charge in [0.1, 0.15) is 5.82 Å². The van der Waals surface area contributed by atoms with Crippen LogP contribution in [0.1, 0.15) is 36.5 Å². The van der Waals surface area contributed by atoms with E-state index in [1.807, 2.05) is 13.0 Å². The van der Waals surface area contributed by atoms with E-state index in [1.165, 1.54) is 22.8 Å². The smallest absolute Gasteiger partial charge is 0.123 e. The van der Waals surface area contributed by atoms with Crippen molar-refractivity contribution in [2.75, 3.05) is 0 Å². The molecule has 0 bridgehead atoms. The van der Waals surface area contributed by atoms with Crippen LogP contribution in [-0.2, 0) is 0 Å². The predicted molar refractivity (Wildman–Crippen MR) is 75.4 cm³/mol. The van der Waals surface area contributed by atoms with Crippen LogP contribution in [0.3, 0.4) is 0 Å². The first-order valence-corrected chi connectivity index (χ1v) is 6.36. The minimum absolute atomic E-state index is 0.171. The van der Waals surface area contributed by atoms with E-state index in [9.17, 15) is 4.39 Å². The fourth-order valence-electron chi connectivity index (χ4n) is 2.34. The largest absolute Gasteiger partial charge is 0.207 e. The monoisotopic (exact) mass is 242 g/mol. The number of aryl methyl sites for hydroxylation is 2. The van der Waals surface area contributed by atoms with Crippen molar-refractivity contribution >= 4 is 0 Å². The van der Waals surface area contributed by atoms with Crippen LogP contribution in [-0.4, -0.2) is 0 Å². The van der Waals surface area contributed by atoms with Gasteiger partial charge >= 0.3 is 0 Å². The number of benzene rings is 2. The van der Waals surface area contributed by atoms with Gasteiger partial charge in [-0.15, -0.1) is 0 Å². The van der Waals surface area contributed by atoms with Gasteiger partial charge in [0, 0.05) is 0 Å². The fraction of sp³-hybridized carbons (Fsp3) is 0.294. The molecule has 0 aliphatic carbocycles. The van der Waals surface area contributed by atoms with Crippen molar-refractivity contribution in [2.24, 2.45) is 0 Å². The number of hydrogen-bond donors (Lipinski definition) is 0. The fourth-order valence-corrected chi connectivity index (χ4v) is 2.34. The van der Waals surface area contributed by atoms with E-state index in [1.54, 1.807) is 6.07 Å². The van der Waals surface area contributed by atoms with Crippen molar-refractivity contribution in [3.63, 3.8) is 0 Å². The molecular formula is C17H19F. The van der Waals surface area contributed by atoms with E-state index < -0.39 is 0 Å². The Morgan fingerprint density at radius 2 is 1.61 bits per heavy atom. The Hall–Kier alpha value is -1.63. The molecule has 0 unspecified atom stereocenters. The molecule has 0 saturated carbocycles. The highest BCUT2D eigenvalue weighted by molar-refractivity contribution is 5.71. The normalized spacial score (nSPS) is 11.0. The maximum atomic E-state index is 13.2. The average molecular weight is 242 g/mol. The Kier molecular flexibility index (Phi) is 3.51. The zero-order valence-corrected chi connectivity index (χ0v) is 11.4. The molecule has 94 valence electrons. The molecule has 0 saturated heterocycles. The summed E-state index contributed by atoms with van der Waals surface area (Å²) in [5.74, 6) is 0.292. The molecule has 0 spiro atoms. The quantitative estimate of drug-likeness (QED) is 0.676. The van der Waals surface area contributed by atoms with Gasteiger partial charge in [0.25, 0.3) is 0 Å². The third-order valence-electron chi connectivity index (χ3n) is 3.31. The van der Waals surface area contributed by atoms with E-state index in [0.29, 0.717) is 5.92 Å². The van der Waals surface area contributed by atoms with Crippen LogP contribution in [0.4, 0.5) is 4.39 Å². The van der Waals surface area contributed by atoms with Crippen molar-refractivity contribution in [1.29, 1.82) is 0 Å². The second-order valence-corrected chi connectivity index (χ2v) is 5.20. The first-order chi connectivity index (χ1) is 8.49. The standard InChI is InChI=1S/C17H19F/c1-11(2)15-7-5-12(3)9-17(15)16-8-6-14(18)10-13(16)4/h5-11H,1-4H3. The van der Waals surface area contributed by atoms with Crippen molar-refractivity contribution < 1.29 is 4.39 Å². The Bertz CT molecular complexity index is 568. The lowest BCUT2D eigenvalue weighted by Crippen LogP contribution is -1.95. The predicted octanol–water partition coefficient (Wildman–Crippen LogP) is 5.23. The van der Waals surface area contributed by atoms with Gasteiger partial charge in [-0.25, -0.2) is 4.39 Å². The minimum Gasteiger partial charge on any atom is -0.207 e. The zero-order chi connectivity index (χ0) is 13.3. The summed E-state index contributed by atoms with van der Waals surface area (Å²) < 4.78 is 13.2. The van der Waals surface area contributed by atoms with Crippen LogP contribution in [0.25, 0.3) is 11.1 Å². The van der Waals surface area contributed by atoms with Gasteiger partial charge in [0.05, 0.1) is 0 Å². The molecule has 0 aromatic heterocycles. The maximum Gasteiger partial charge on any atom is 0.123 e. The highest BCUT2D eigenvalue weighted by atomic mass is 19.1. The molecule has 0 heterocycles. The molecule has 0 atom stereocenters. The van der Waals surface area contributed by atoms with Gasteiger partial charge in [-0.1, -0.05) is 43.7 Å². The first kappa shape index (κ1) is 12.8. The van der Waals surface area contributed by atoms with Crippen molar-refractivity contribution in [1.82, 2.24) is 0 Å². The van der Waals surface area contributed by atoms with E-state index in [-0.39, 0.29) is 5.82 Å². The van der Waals surface area contributed by atoms with E-state index in [2.05, 4.69) is 39.0 Å². The van der Waals surface area contributed by atoms with Crippen molar-refractivity contribution in [2.45, 2.75) is 33.6 Å². The summed E-state index contributed by atoms with van der Waals surface area (Å²) in [6.45, 7) is 8.43. The topological polar surface area (TPSA) is 0 Å². The molecule has 1 heteroatoms. The van der Waals surface area contributed by atoms with E-state index in [4.69, 9.17) is 0 Å². The van der Waals surface area contributed by atoms with Crippen molar-refractivity contribution in [3.8, 4) is 11.1 Å². The molecule has 2 aromatic rings. The first-order valence-electron chi connectivity index (χ1n) is 6.36. The molecule has 2 aromatic carbocycles. The Balaban J connectivity index is 2.65. The van der Waals surface area contributed by atoms with Gasteiger partial charge in [0.15, 0.2) is 0 Å². The molecule has 0 radical (unpaired) electrons. The molecule has 0 aliphatic rings. The lowest BCUT2D eigenvalue weighted by molar-refractivity contribution is 0.627. The Morgan fingerprint density at radius 1 is 0.889 bits per heavy atom. The lowest BCUT2D eigenvalue weighted by Gasteiger charge is -2.15. The van der Waals surface area contributed by atoms with Gasteiger partial charge in [0.2, 0.25) is 0 Å². The van der Waals surface area contributed by atoms with Gasteiger partial charge in [-0.05, 0) is 54.2 Å². The average Bonchev–Trinajstić information content (AvgIpc) is 2.28. The summed E-state index contributed by atoms with van der Waals surface area (Å²) in [5, 5.41) is 0. The molecule has 2 rings (SSSR count). The number of hydrogen-bond acceptors (Lipinski definition) is 0. The van der Waals surface area contributed by atoms with Gasteiger partial charge in [-0.2, -0.15) is 0 Å². The molecule has 18 heavy (non-hydrogen) atoms. The third-order valence-corrected chi connectivity index (χ3v) is 3.31. The molecule has 0 amide bonds. The summed E-state index contributed by atoms with van der Waals surface area (Å²) in [6.07, 6.45) is 0. The van der Waals surface area contributed by atoms with Crippen LogP contribution < -0.4 is 0 Å². The van der Waals surface area contributed by atoms with Gasteiger partial charge in [-0.3, -0.25) is 0 Å². The van der Waals surface area contributed by atoms with Crippen LogP contribution in [0.2, 0.25) is 0 Å². The second-order valence-electron chi connectivity index (χ2n) is 5.20. The maximum absolute atomic E-state index is 13.2. The third kappa shape index (κ3) is 2.45. The highest BCUT2D eigenvalue weighted by Gasteiger charge is 2.11. The zero-order valence-electron chi connectivity index (χ0n) is 11.4. The van der Waals surface area contributed by atoms with E-state index >= 15 is 0 Å². The Morgan fingerprint density at radius 3 is 2.22 bits per heavy atom. The van der Waals surface area contributed by atoms with Crippen molar-refractivity contribution in [3.05, 3.63) is 58.9 Å². The number of rotatable bonds is 2. The number of halogens is 1. The summed E-state index contributed by atoms with van der Waals surface area (Å²) in [7, 11) is 0. The molecule has 0 N–H and O–H groups in total. The summed E-state index contributed by atoms with van der Waals surface area (Å²) in [5.41, 5.74) is 5.89. The van der Waals surface area contributed by atoms with E-state index in [0.717, 1.165) is 11.1 Å². The molecule has 0 nitrogen and oxygen atoms in total. The van der Waals surface area contributed by atoms with Gasteiger partial charge < -0.3 is 0 Å². The summed E-state index contributed by atoms with van der Waals surface area (Å²) >= 11 is 0. The molecule has 0 fully saturated rings. The van der Waals surface area contributed by atoms with Crippen LogP contribution >= 0.6 is 0 Å². The summed E-state index contributed by atoms with van der Waals surface area (Å²) in [4.78, 5) is 0. The minimum atomic E-state index is -0.171. The molecular weight excluding hydrogens is 223 g/mol. The van der Waals surface area contributed by atoms with Crippen LogP contribution in [0.15, 0.2) is 36.4 Å². The van der Waals surface area contributed by atoms with Crippen LogP contribution in [0.5, 0.6) is 0 Å². The lowest BCUT2D eigenvalue weighted by atomic mass is 9.89.